The second-order valence-electron chi connectivity index (χ2n) is 5.14. The van der Waals surface area contributed by atoms with Gasteiger partial charge in [-0.15, -0.1) is 0 Å². The van der Waals surface area contributed by atoms with Crippen molar-refractivity contribution in [1.82, 2.24) is 4.98 Å². The standard InChI is InChI=1S/C17H12BrNO2/c18-12-2-3-13-14(9-19-15(13)8-12)17(20)11-1-4-16-10(7-11)5-6-21-16/h1-4,7-9,19H,5-6H2. The van der Waals surface area contributed by atoms with Crippen LogP contribution in [0.3, 0.4) is 0 Å². The van der Waals surface area contributed by atoms with Gasteiger partial charge in [0.15, 0.2) is 5.78 Å². The van der Waals surface area contributed by atoms with E-state index >= 15 is 0 Å². The van der Waals surface area contributed by atoms with E-state index in [1.54, 1.807) is 6.20 Å². The molecule has 0 saturated carbocycles. The highest BCUT2D eigenvalue weighted by Crippen LogP contribution is 2.29. The summed E-state index contributed by atoms with van der Waals surface area (Å²) in [6, 6.07) is 11.6. The third kappa shape index (κ3) is 2.07. The summed E-state index contributed by atoms with van der Waals surface area (Å²) in [6.45, 7) is 0.702. The smallest absolute Gasteiger partial charge is 0.195 e. The van der Waals surface area contributed by atoms with E-state index < -0.39 is 0 Å². The molecule has 21 heavy (non-hydrogen) atoms. The van der Waals surface area contributed by atoms with Gasteiger partial charge in [0.1, 0.15) is 5.75 Å². The van der Waals surface area contributed by atoms with Crippen molar-refractivity contribution < 1.29 is 9.53 Å². The first-order valence-corrected chi connectivity index (χ1v) is 7.59. The Balaban J connectivity index is 1.79. The van der Waals surface area contributed by atoms with Crippen molar-refractivity contribution in [3.8, 4) is 5.75 Å². The molecule has 0 radical (unpaired) electrons. The monoisotopic (exact) mass is 341 g/mol. The maximum absolute atomic E-state index is 12.7. The Bertz CT molecular complexity index is 866. The molecule has 0 aliphatic carbocycles. The second kappa shape index (κ2) is 4.74. The lowest BCUT2D eigenvalue weighted by Crippen LogP contribution is -2.00. The Morgan fingerprint density at radius 2 is 2.10 bits per heavy atom. The van der Waals surface area contributed by atoms with E-state index in [1.165, 1.54) is 0 Å². The number of fused-ring (bicyclic) bond motifs is 2. The van der Waals surface area contributed by atoms with Crippen LogP contribution in [0.4, 0.5) is 0 Å². The Morgan fingerprint density at radius 1 is 1.19 bits per heavy atom. The van der Waals surface area contributed by atoms with E-state index in [0.717, 1.165) is 33.1 Å². The maximum Gasteiger partial charge on any atom is 0.195 e. The number of halogens is 1. The van der Waals surface area contributed by atoms with Crippen LogP contribution in [-0.2, 0) is 6.42 Å². The molecule has 1 aromatic heterocycles. The van der Waals surface area contributed by atoms with Gasteiger partial charge < -0.3 is 9.72 Å². The van der Waals surface area contributed by atoms with Gasteiger partial charge in [0.05, 0.1) is 6.61 Å². The van der Waals surface area contributed by atoms with Crippen molar-refractivity contribution in [3.05, 3.63) is 63.8 Å². The molecule has 1 aliphatic rings. The minimum atomic E-state index is 0.0401. The van der Waals surface area contributed by atoms with Crippen molar-refractivity contribution in [3.63, 3.8) is 0 Å². The van der Waals surface area contributed by atoms with Crippen molar-refractivity contribution in [2.24, 2.45) is 0 Å². The fourth-order valence-corrected chi connectivity index (χ4v) is 3.13. The quantitative estimate of drug-likeness (QED) is 0.713. The first-order chi connectivity index (χ1) is 10.2. The third-order valence-electron chi connectivity index (χ3n) is 3.84. The molecule has 104 valence electrons. The molecule has 0 fully saturated rings. The molecule has 0 atom stereocenters. The number of ether oxygens (including phenoxy) is 1. The van der Waals surface area contributed by atoms with Crippen LogP contribution in [-0.4, -0.2) is 17.4 Å². The Kier molecular flexibility index (Phi) is 2.86. The van der Waals surface area contributed by atoms with Crippen LogP contribution in [0.1, 0.15) is 21.5 Å². The zero-order chi connectivity index (χ0) is 14.4. The molecule has 3 nitrogen and oxygen atoms in total. The molecule has 2 aromatic carbocycles. The van der Waals surface area contributed by atoms with Crippen molar-refractivity contribution in [1.29, 1.82) is 0 Å². The van der Waals surface area contributed by atoms with Gasteiger partial charge in [-0.3, -0.25) is 4.79 Å². The van der Waals surface area contributed by atoms with Gasteiger partial charge in [0.25, 0.3) is 0 Å². The average Bonchev–Trinajstić information content (AvgIpc) is 3.11. The molecule has 0 bridgehead atoms. The van der Waals surface area contributed by atoms with Gasteiger partial charge in [0.2, 0.25) is 0 Å². The minimum Gasteiger partial charge on any atom is -0.493 e. The van der Waals surface area contributed by atoms with Gasteiger partial charge in [-0.05, 0) is 35.9 Å². The first-order valence-electron chi connectivity index (χ1n) is 6.79. The summed E-state index contributed by atoms with van der Waals surface area (Å²) in [5, 5.41) is 0.944. The fraction of sp³-hybridized carbons (Fsp3) is 0.118. The molecular weight excluding hydrogens is 330 g/mol. The Morgan fingerprint density at radius 3 is 3.00 bits per heavy atom. The molecular formula is C17H12BrNO2. The molecule has 4 rings (SSSR count). The van der Waals surface area contributed by atoms with Crippen LogP contribution in [0.15, 0.2) is 47.1 Å². The van der Waals surface area contributed by atoms with E-state index in [1.807, 2.05) is 36.4 Å². The normalized spacial score (nSPS) is 13.2. The molecule has 1 aliphatic heterocycles. The number of hydrogen-bond donors (Lipinski definition) is 1. The number of H-pyrrole nitrogens is 1. The lowest BCUT2D eigenvalue weighted by molar-refractivity contribution is 0.104. The number of nitrogens with one attached hydrogen (secondary N) is 1. The Labute approximate surface area is 130 Å². The average molecular weight is 342 g/mol. The topological polar surface area (TPSA) is 42.1 Å². The number of aromatic amines is 1. The van der Waals surface area contributed by atoms with Crippen LogP contribution < -0.4 is 4.74 Å². The largest absolute Gasteiger partial charge is 0.493 e. The summed E-state index contributed by atoms with van der Waals surface area (Å²) in [7, 11) is 0. The van der Waals surface area contributed by atoms with Crippen LogP contribution in [0.5, 0.6) is 5.75 Å². The lowest BCUT2D eigenvalue weighted by Gasteiger charge is -2.03. The molecule has 0 unspecified atom stereocenters. The highest BCUT2D eigenvalue weighted by Gasteiger charge is 2.18. The predicted octanol–water partition coefficient (Wildman–Crippen LogP) is 4.10. The summed E-state index contributed by atoms with van der Waals surface area (Å²) in [6.07, 6.45) is 2.65. The number of carbonyl (C=O) groups is 1. The molecule has 0 spiro atoms. The van der Waals surface area contributed by atoms with Gasteiger partial charge in [0, 0.05) is 39.1 Å². The highest BCUT2D eigenvalue weighted by atomic mass is 79.9. The number of benzene rings is 2. The molecule has 0 amide bonds. The summed E-state index contributed by atoms with van der Waals surface area (Å²) >= 11 is 3.44. The first kappa shape index (κ1) is 12.7. The van der Waals surface area contributed by atoms with E-state index in [9.17, 15) is 4.79 Å². The summed E-state index contributed by atoms with van der Waals surface area (Å²) in [4.78, 5) is 15.9. The second-order valence-corrected chi connectivity index (χ2v) is 6.06. The summed E-state index contributed by atoms with van der Waals surface area (Å²) in [5.74, 6) is 0.938. The van der Waals surface area contributed by atoms with Crippen molar-refractivity contribution in [2.45, 2.75) is 6.42 Å². The van der Waals surface area contributed by atoms with Crippen molar-refractivity contribution in [2.75, 3.05) is 6.61 Å². The summed E-state index contributed by atoms with van der Waals surface area (Å²) < 4.78 is 6.48. The van der Waals surface area contributed by atoms with E-state index in [-0.39, 0.29) is 5.78 Å². The number of carbonyl (C=O) groups excluding carboxylic acids is 1. The SMILES string of the molecule is O=C(c1ccc2c(c1)CCO2)c1c[nH]c2cc(Br)ccc12. The molecule has 0 saturated heterocycles. The molecule has 2 heterocycles. The summed E-state index contributed by atoms with van der Waals surface area (Å²) in [5.41, 5.74) is 3.49. The molecule has 1 N–H and O–H groups in total. The third-order valence-corrected chi connectivity index (χ3v) is 4.33. The Hall–Kier alpha value is -2.07. The zero-order valence-corrected chi connectivity index (χ0v) is 12.7. The predicted molar refractivity (Wildman–Crippen MR) is 85.1 cm³/mol. The van der Waals surface area contributed by atoms with Crippen molar-refractivity contribution >= 4 is 32.6 Å². The number of hydrogen-bond acceptors (Lipinski definition) is 2. The molecule has 4 heteroatoms. The van der Waals surface area contributed by atoms with Crippen LogP contribution in [0.2, 0.25) is 0 Å². The van der Waals surface area contributed by atoms with Gasteiger partial charge in [-0.1, -0.05) is 22.0 Å². The highest BCUT2D eigenvalue weighted by molar-refractivity contribution is 9.10. The van der Waals surface area contributed by atoms with E-state index in [2.05, 4.69) is 20.9 Å². The van der Waals surface area contributed by atoms with Gasteiger partial charge in [-0.25, -0.2) is 0 Å². The van der Waals surface area contributed by atoms with E-state index in [0.29, 0.717) is 17.7 Å². The molecule has 3 aromatic rings. The van der Waals surface area contributed by atoms with Gasteiger partial charge in [-0.2, -0.15) is 0 Å². The minimum absolute atomic E-state index is 0.0401. The van der Waals surface area contributed by atoms with Crippen LogP contribution in [0, 0.1) is 0 Å². The zero-order valence-electron chi connectivity index (χ0n) is 11.2. The van der Waals surface area contributed by atoms with Crippen LogP contribution >= 0.6 is 15.9 Å². The van der Waals surface area contributed by atoms with Crippen LogP contribution in [0.25, 0.3) is 10.9 Å². The van der Waals surface area contributed by atoms with Gasteiger partial charge >= 0.3 is 0 Å². The number of ketones is 1. The lowest BCUT2D eigenvalue weighted by atomic mass is 10.00. The van der Waals surface area contributed by atoms with E-state index in [4.69, 9.17) is 4.74 Å². The number of aromatic nitrogens is 1. The maximum atomic E-state index is 12.7. The fourth-order valence-electron chi connectivity index (χ4n) is 2.77. The number of rotatable bonds is 2.